The van der Waals surface area contributed by atoms with Gasteiger partial charge in [0.15, 0.2) is 0 Å². The minimum absolute atomic E-state index is 0.0873. The van der Waals surface area contributed by atoms with Crippen LogP contribution >= 0.6 is 0 Å². The third kappa shape index (κ3) is 5.57. The highest BCUT2D eigenvalue weighted by Crippen LogP contribution is 2.27. The van der Waals surface area contributed by atoms with E-state index in [1.54, 1.807) is 54.6 Å². The Morgan fingerprint density at radius 3 is 2.53 bits per heavy atom. The van der Waals surface area contributed by atoms with Gasteiger partial charge in [-0.05, 0) is 42.0 Å². The van der Waals surface area contributed by atoms with Crippen molar-refractivity contribution in [2.24, 2.45) is 5.16 Å². The summed E-state index contributed by atoms with van der Waals surface area (Å²) in [4.78, 5) is 0.140. The highest BCUT2D eigenvalue weighted by molar-refractivity contribution is 7.92. The number of nitrogen functional groups attached to an aromatic ring is 1. The molecule has 0 atom stereocenters. The summed E-state index contributed by atoms with van der Waals surface area (Å²) in [5.74, 6) is 0.488. The van der Waals surface area contributed by atoms with Crippen molar-refractivity contribution in [3.8, 4) is 5.75 Å². The Morgan fingerprint density at radius 1 is 1.03 bits per heavy atom. The van der Waals surface area contributed by atoms with Gasteiger partial charge in [-0.1, -0.05) is 35.5 Å². The largest absolute Gasteiger partial charge is 0.493 e. The number of hydrogen-bond acceptors (Lipinski definition) is 7. The van der Waals surface area contributed by atoms with E-state index in [4.69, 9.17) is 15.7 Å². The maximum Gasteiger partial charge on any atom is 0.264 e. The zero-order valence-corrected chi connectivity index (χ0v) is 18.1. The average molecular weight is 456 g/mol. The predicted octanol–water partition coefficient (Wildman–Crippen LogP) is 2.89. The van der Waals surface area contributed by atoms with Crippen LogP contribution in [0.1, 0.15) is 11.1 Å². The summed E-state index contributed by atoms with van der Waals surface area (Å²) in [7, 11) is -3.84. The van der Waals surface area contributed by atoms with E-state index < -0.39 is 10.0 Å². The Labute approximate surface area is 187 Å². The second-order valence-corrected chi connectivity index (χ2v) is 8.77. The first-order chi connectivity index (χ1) is 15.5. The fraction of sp³-hybridized carbons (Fsp3) is 0.174. The molecular formula is C23H25N3O5S. The zero-order valence-electron chi connectivity index (χ0n) is 17.3. The number of ether oxygens (including phenoxy) is 1. The molecule has 9 heteroatoms. The second-order valence-electron chi connectivity index (χ2n) is 6.91. The lowest BCUT2D eigenvalue weighted by Crippen LogP contribution is -2.33. The third-order valence-electron chi connectivity index (χ3n) is 4.75. The summed E-state index contributed by atoms with van der Waals surface area (Å²) in [5.41, 5.74) is 8.30. The van der Waals surface area contributed by atoms with Crippen molar-refractivity contribution in [2.45, 2.75) is 11.3 Å². The van der Waals surface area contributed by atoms with E-state index in [0.29, 0.717) is 35.7 Å². The van der Waals surface area contributed by atoms with Gasteiger partial charge in [0.2, 0.25) is 0 Å². The van der Waals surface area contributed by atoms with E-state index in [9.17, 15) is 13.5 Å². The molecule has 168 valence electrons. The first-order valence-electron chi connectivity index (χ1n) is 9.93. The van der Waals surface area contributed by atoms with E-state index in [-0.39, 0.29) is 18.0 Å². The van der Waals surface area contributed by atoms with Crippen molar-refractivity contribution >= 4 is 27.6 Å². The summed E-state index contributed by atoms with van der Waals surface area (Å²) < 4.78 is 33.2. The van der Waals surface area contributed by atoms with Gasteiger partial charge < -0.3 is 20.8 Å². The molecule has 0 amide bonds. The Morgan fingerprint density at radius 2 is 1.81 bits per heavy atom. The number of anilines is 2. The van der Waals surface area contributed by atoms with E-state index in [0.717, 1.165) is 9.87 Å². The minimum Gasteiger partial charge on any atom is -0.493 e. The molecule has 0 saturated carbocycles. The van der Waals surface area contributed by atoms with E-state index in [1.807, 2.05) is 6.07 Å². The van der Waals surface area contributed by atoms with Crippen LogP contribution in [0.15, 0.2) is 82.8 Å². The van der Waals surface area contributed by atoms with Crippen molar-refractivity contribution in [1.29, 1.82) is 0 Å². The van der Waals surface area contributed by atoms with Gasteiger partial charge in [-0.25, -0.2) is 8.42 Å². The lowest BCUT2D eigenvalue weighted by atomic mass is 10.0. The zero-order chi connectivity index (χ0) is 23.0. The van der Waals surface area contributed by atoms with Crippen LogP contribution in [0.4, 0.5) is 11.4 Å². The quantitative estimate of drug-likeness (QED) is 0.187. The van der Waals surface area contributed by atoms with Crippen molar-refractivity contribution in [3.63, 3.8) is 0 Å². The lowest BCUT2D eigenvalue weighted by molar-refractivity contribution is 0.306. The highest BCUT2D eigenvalue weighted by atomic mass is 32.2. The number of nitrogens with two attached hydrogens (primary N) is 1. The molecule has 3 aromatic carbocycles. The Balaban J connectivity index is 1.77. The first kappa shape index (κ1) is 23.1. The van der Waals surface area contributed by atoms with Crippen LogP contribution in [0.5, 0.6) is 5.75 Å². The van der Waals surface area contributed by atoms with Crippen LogP contribution in [0.25, 0.3) is 0 Å². The molecule has 3 aromatic rings. The molecule has 0 aliphatic rings. The van der Waals surface area contributed by atoms with E-state index in [1.165, 1.54) is 18.3 Å². The van der Waals surface area contributed by atoms with Gasteiger partial charge in [0.25, 0.3) is 10.0 Å². The number of benzene rings is 3. The molecule has 8 nitrogen and oxygen atoms in total. The number of aliphatic hydroxyl groups is 1. The second kappa shape index (κ2) is 10.7. The van der Waals surface area contributed by atoms with Crippen LogP contribution in [0.2, 0.25) is 0 Å². The topological polar surface area (TPSA) is 125 Å². The van der Waals surface area contributed by atoms with Gasteiger partial charge in [0.1, 0.15) is 5.75 Å². The van der Waals surface area contributed by atoms with E-state index in [2.05, 4.69) is 5.16 Å². The van der Waals surface area contributed by atoms with Gasteiger partial charge in [-0.3, -0.25) is 4.31 Å². The van der Waals surface area contributed by atoms with Crippen molar-refractivity contribution in [3.05, 3.63) is 83.9 Å². The SMILES string of the molecule is Nc1ccc(CCOc2cccc(N(CCO)S(=O)(=O)c3ccccc3)c2)c(/C=N\O)c1. The monoisotopic (exact) mass is 455 g/mol. The van der Waals surface area contributed by atoms with Crippen LogP contribution < -0.4 is 14.8 Å². The summed E-state index contributed by atoms with van der Waals surface area (Å²) in [6.07, 6.45) is 1.84. The average Bonchev–Trinajstić information content (AvgIpc) is 2.80. The molecule has 0 aliphatic heterocycles. The number of nitrogens with zero attached hydrogens (tertiary/aromatic N) is 2. The van der Waals surface area contributed by atoms with Gasteiger partial charge in [-0.2, -0.15) is 0 Å². The molecule has 32 heavy (non-hydrogen) atoms. The third-order valence-corrected chi connectivity index (χ3v) is 6.59. The Bertz CT molecular complexity index is 1170. The summed E-state index contributed by atoms with van der Waals surface area (Å²) >= 11 is 0. The number of aliphatic hydroxyl groups excluding tert-OH is 1. The fourth-order valence-electron chi connectivity index (χ4n) is 3.23. The number of sulfonamides is 1. The number of oxime groups is 1. The Hall–Kier alpha value is -3.56. The van der Waals surface area contributed by atoms with E-state index >= 15 is 0 Å². The maximum atomic E-state index is 13.1. The van der Waals surface area contributed by atoms with Crippen LogP contribution in [-0.4, -0.2) is 44.7 Å². The normalized spacial score (nSPS) is 11.5. The molecule has 0 fully saturated rings. The van der Waals surface area contributed by atoms with Gasteiger partial charge in [-0.15, -0.1) is 0 Å². The Kier molecular flexibility index (Phi) is 7.69. The van der Waals surface area contributed by atoms with Gasteiger partial charge in [0, 0.05) is 23.7 Å². The van der Waals surface area contributed by atoms with Gasteiger partial charge in [0.05, 0.1) is 36.6 Å². The standard InChI is InChI=1S/C23H25N3O5S/c24-20-10-9-18(19(15-20)17-25-28)11-14-31-22-6-4-5-21(16-22)26(12-13-27)32(29,30)23-7-2-1-3-8-23/h1-10,15-17,27-28H,11-14,24H2/b25-17-. The van der Waals surface area contributed by atoms with Crippen molar-refractivity contribution in [2.75, 3.05) is 29.8 Å². The van der Waals surface area contributed by atoms with Crippen LogP contribution in [0, 0.1) is 0 Å². The van der Waals surface area contributed by atoms with Crippen molar-refractivity contribution < 1.29 is 23.5 Å². The smallest absolute Gasteiger partial charge is 0.264 e. The molecule has 0 saturated heterocycles. The molecule has 0 unspecified atom stereocenters. The number of rotatable bonds is 10. The maximum absolute atomic E-state index is 13.1. The highest BCUT2D eigenvalue weighted by Gasteiger charge is 2.24. The molecule has 0 radical (unpaired) electrons. The molecule has 4 N–H and O–H groups in total. The molecular weight excluding hydrogens is 430 g/mol. The molecule has 3 rings (SSSR count). The van der Waals surface area contributed by atoms with Crippen molar-refractivity contribution in [1.82, 2.24) is 0 Å². The molecule has 0 aliphatic carbocycles. The van der Waals surface area contributed by atoms with Crippen LogP contribution in [0.3, 0.4) is 0 Å². The van der Waals surface area contributed by atoms with Gasteiger partial charge >= 0.3 is 0 Å². The molecule has 0 aromatic heterocycles. The molecule has 0 bridgehead atoms. The summed E-state index contributed by atoms with van der Waals surface area (Å²) in [6.45, 7) is -0.107. The predicted molar refractivity (Wildman–Crippen MR) is 124 cm³/mol. The molecule has 0 heterocycles. The minimum atomic E-state index is -3.84. The lowest BCUT2D eigenvalue weighted by Gasteiger charge is -2.24. The fourth-order valence-corrected chi connectivity index (χ4v) is 4.70. The molecule has 0 spiro atoms. The summed E-state index contributed by atoms with van der Waals surface area (Å²) in [6, 6.07) is 20.1. The summed E-state index contributed by atoms with van der Waals surface area (Å²) in [5, 5.41) is 21.4. The van der Waals surface area contributed by atoms with Crippen LogP contribution in [-0.2, 0) is 16.4 Å². The number of hydrogen-bond donors (Lipinski definition) is 3. The first-order valence-corrected chi connectivity index (χ1v) is 11.4.